The van der Waals surface area contributed by atoms with Crippen molar-refractivity contribution in [2.45, 2.75) is 43.6 Å². The number of nitrogens with zero attached hydrogens (tertiary/aromatic N) is 3. The maximum atomic E-state index is 13.7. The summed E-state index contributed by atoms with van der Waals surface area (Å²) in [7, 11) is -1.98. The minimum Gasteiger partial charge on any atom is -0.497 e. The Bertz CT molecular complexity index is 1330. The first-order valence-electron chi connectivity index (χ1n) is 12.3. The molecule has 2 unspecified atom stereocenters. The third kappa shape index (κ3) is 5.13. The molecule has 2 atom stereocenters. The summed E-state index contributed by atoms with van der Waals surface area (Å²) in [6, 6.07) is 11.9. The van der Waals surface area contributed by atoms with Crippen molar-refractivity contribution < 1.29 is 22.7 Å². The Labute approximate surface area is 215 Å². The van der Waals surface area contributed by atoms with Crippen molar-refractivity contribution in [3.8, 4) is 5.75 Å². The van der Waals surface area contributed by atoms with Gasteiger partial charge in [-0.05, 0) is 68.0 Å². The largest absolute Gasteiger partial charge is 0.497 e. The van der Waals surface area contributed by atoms with Gasteiger partial charge in [-0.15, -0.1) is 0 Å². The predicted molar refractivity (Wildman–Crippen MR) is 140 cm³/mol. The van der Waals surface area contributed by atoms with Crippen molar-refractivity contribution in [3.05, 3.63) is 48.0 Å². The number of rotatable bonds is 7. The molecule has 36 heavy (non-hydrogen) atoms. The average molecular weight is 530 g/mol. The van der Waals surface area contributed by atoms with Gasteiger partial charge in [0.05, 0.1) is 34.9 Å². The molecule has 0 aliphatic carbocycles. The Balaban J connectivity index is 1.42. The number of amides is 1. The molecule has 10 heteroatoms. The van der Waals surface area contributed by atoms with Crippen molar-refractivity contribution >= 4 is 42.6 Å². The lowest BCUT2D eigenvalue weighted by molar-refractivity contribution is 0.0917. The molecule has 8 nitrogen and oxygen atoms in total. The zero-order valence-corrected chi connectivity index (χ0v) is 22.2. The SMILES string of the molecule is COc1ccc2sc(N(CC3CCCO3)C(=O)c3ccc(S(=O)(=O)N4CCCC(C)C4)cc3)nc2c1. The Morgan fingerprint density at radius 2 is 2.00 bits per heavy atom. The maximum absolute atomic E-state index is 13.7. The van der Waals surface area contributed by atoms with E-state index < -0.39 is 10.0 Å². The second-order valence-electron chi connectivity index (χ2n) is 9.52. The van der Waals surface area contributed by atoms with Gasteiger partial charge in [-0.1, -0.05) is 18.3 Å². The molecular formula is C26H31N3O5S2. The first kappa shape index (κ1) is 25.1. The smallest absolute Gasteiger partial charge is 0.260 e. The number of piperidine rings is 1. The molecule has 5 rings (SSSR count). The van der Waals surface area contributed by atoms with Gasteiger partial charge in [-0.2, -0.15) is 4.31 Å². The van der Waals surface area contributed by atoms with Gasteiger partial charge < -0.3 is 9.47 Å². The molecule has 1 amide bonds. The summed E-state index contributed by atoms with van der Waals surface area (Å²) in [5.74, 6) is 0.817. The molecule has 3 heterocycles. The van der Waals surface area contributed by atoms with E-state index in [2.05, 4.69) is 6.92 Å². The second-order valence-corrected chi connectivity index (χ2v) is 12.5. The normalized spacial score (nSPS) is 21.1. The van der Waals surface area contributed by atoms with Crippen LogP contribution in [-0.2, 0) is 14.8 Å². The molecule has 0 N–H and O–H groups in total. The fraction of sp³-hybridized carbons (Fsp3) is 0.462. The van der Waals surface area contributed by atoms with Crippen LogP contribution >= 0.6 is 11.3 Å². The van der Waals surface area contributed by atoms with E-state index in [-0.39, 0.29) is 16.9 Å². The number of aromatic nitrogens is 1. The van der Waals surface area contributed by atoms with Crippen LogP contribution in [-0.4, -0.2) is 63.1 Å². The lowest BCUT2D eigenvalue weighted by Gasteiger charge is -2.30. The van der Waals surface area contributed by atoms with Crippen LogP contribution in [0.15, 0.2) is 47.4 Å². The second kappa shape index (κ2) is 10.5. The molecule has 0 radical (unpaired) electrons. The van der Waals surface area contributed by atoms with E-state index >= 15 is 0 Å². The average Bonchev–Trinajstić information content (AvgIpc) is 3.56. The van der Waals surface area contributed by atoms with Crippen LogP contribution in [0.25, 0.3) is 10.2 Å². The third-order valence-corrected chi connectivity index (χ3v) is 9.77. The zero-order chi connectivity index (χ0) is 25.3. The number of methoxy groups -OCH3 is 1. The number of hydrogen-bond acceptors (Lipinski definition) is 7. The van der Waals surface area contributed by atoms with Crippen LogP contribution in [0.1, 0.15) is 43.0 Å². The number of benzene rings is 2. The topological polar surface area (TPSA) is 89.0 Å². The van der Waals surface area contributed by atoms with Crippen LogP contribution in [0.5, 0.6) is 5.75 Å². The first-order chi connectivity index (χ1) is 17.3. The lowest BCUT2D eigenvalue weighted by atomic mass is 10.0. The first-order valence-corrected chi connectivity index (χ1v) is 14.6. The molecule has 2 saturated heterocycles. The van der Waals surface area contributed by atoms with E-state index in [1.165, 1.54) is 23.5 Å². The maximum Gasteiger partial charge on any atom is 0.260 e. The van der Waals surface area contributed by atoms with E-state index in [0.29, 0.717) is 48.6 Å². The number of anilines is 1. The quantitative estimate of drug-likeness (QED) is 0.446. The standard InChI is InChI=1S/C26H31N3O5S2/c1-18-5-3-13-28(16-18)36(31,32)22-10-7-19(8-11-22)25(30)29(17-21-6-4-14-34-21)26-27-23-15-20(33-2)9-12-24(23)35-26/h7-12,15,18,21H,3-6,13-14,16-17H2,1-2H3. The predicted octanol–water partition coefficient (Wildman–Crippen LogP) is 4.55. The minimum absolute atomic E-state index is 0.0590. The molecule has 0 spiro atoms. The van der Waals surface area contributed by atoms with Gasteiger partial charge in [-0.25, -0.2) is 13.4 Å². The van der Waals surface area contributed by atoms with Crippen molar-refractivity contribution in [2.75, 3.05) is 38.3 Å². The van der Waals surface area contributed by atoms with Gasteiger partial charge in [0.1, 0.15) is 5.75 Å². The molecule has 2 aliphatic rings. The van der Waals surface area contributed by atoms with E-state index in [9.17, 15) is 13.2 Å². The van der Waals surface area contributed by atoms with Gasteiger partial charge in [0.2, 0.25) is 10.0 Å². The molecule has 2 aromatic carbocycles. The monoisotopic (exact) mass is 529 g/mol. The fourth-order valence-corrected chi connectivity index (χ4v) is 7.37. The van der Waals surface area contributed by atoms with E-state index in [0.717, 1.165) is 35.9 Å². The van der Waals surface area contributed by atoms with Crippen LogP contribution in [0, 0.1) is 5.92 Å². The molecule has 3 aromatic rings. The van der Waals surface area contributed by atoms with Crippen LogP contribution < -0.4 is 9.64 Å². The van der Waals surface area contributed by atoms with Crippen molar-refractivity contribution in [1.82, 2.24) is 9.29 Å². The van der Waals surface area contributed by atoms with Gasteiger partial charge in [0, 0.05) is 31.3 Å². The van der Waals surface area contributed by atoms with Crippen LogP contribution in [0.2, 0.25) is 0 Å². The number of carbonyl (C=O) groups excluding carboxylic acids is 1. The van der Waals surface area contributed by atoms with Gasteiger partial charge >= 0.3 is 0 Å². The summed E-state index contributed by atoms with van der Waals surface area (Å²) in [5.41, 5.74) is 1.17. The van der Waals surface area contributed by atoms with Crippen molar-refractivity contribution in [1.29, 1.82) is 0 Å². The number of thiazole rings is 1. The highest BCUT2D eigenvalue weighted by atomic mass is 32.2. The summed E-state index contributed by atoms with van der Waals surface area (Å²) < 4.78 is 39.9. The molecule has 1 aromatic heterocycles. The summed E-state index contributed by atoms with van der Waals surface area (Å²) in [5, 5.41) is 0.581. The highest BCUT2D eigenvalue weighted by molar-refractivity contribution is 7.89. The Morgan fingerprint density at radius 1 is 1.19 bits per heavy atom. The van der Waals surface area contributed by atoms with E-state index in [4.69, 9.17) is 14.5 Å². The number of carbonyl (C=O) groups is 1. The number of hydrogen-bond donors (Lipinski definition) is 0. The summed E-state index contributed by atoms with van der Waals surface area (Å²) >= 11 is 1.44. The number of fused-ring (bicyclic) bond motifs is 1. The van der Waals surface area contributed by atoms with Gasteiger partial charge in [0.15, 0.2) is 5.13 Å². The molecular weight excluding hydrogens is 498 g/mol. The van der Waals surface area contributed by atoms with Crippen molar-refractivity contribution in [2.24, 2.45) is 5.92 Å². The molecule has 2 fully saturated rings. The van der Waals surface area contributed by atoms with Crippen molar-refractivity contribution in [3.63, 3.8) is 0 Å². The van der Waals surface area contributed by atoms with Crippen LogP contribution in [0.4, 0.5) is 5.13 Å². The van der Waals surface area contributed by atoms with E-state index in [1.807, 2.05) is 18.2 Å². The molecule has 0 saturated carbocycles. The summed E-state index contributed by atoms with van der Waals surface area (Å²) in [4.78, 5) is 20.3. The van der Waals surface area contributed by atoms with Gasteiger partial charge in [0.25, 0.3) is 5.91 Å². The Hall–Kier alpha value is -2.53. The molecule has 0 bridgehead atoms. The fourth-order valence-electron chi connectivity index (χ4n) is 4.82. The molecule has 2 aliphatic heterocycles. The van der Waals surface area contributed by atoms with Gasteiger partial charge in [-0.3, -0.25) is 9.69 Å². The Kier molecular flexibility index (Phi) is 7.30. The Morgan fingerprint density at radius 3 is 2.69 bits per heavy atom. The molecule has 192 valence electrons. The number of sulfonamides is 1. The highest BCUT2D eigenvalue weighted by Gasteiger charge is 2.30. The summed E-state index contributed by atoms with van der Waals surface area (Å²) in [6.45, 7) is 4.21. The zero-order valence-electron chi connectivity index (χ0n) is 20.6. The highest BCUT2D eigenvalue weighted by Crippen LogP contribution is 2.33. The number of ether oxygens (including phenoxy) is 2. The third-order valence-electron chi connectivity index (χ3n) is 6.83. The lowest BCUT2D eigenvalue weighted by Crippen LogP contribution is -2.39. The minimum atomic E-state index is -3.59. The van der Waals surface area contributed by atoms with Crippen LogP contribution in [0.3, 0.4) is 0 Å². The van der Waals surface area contributed by atoms with E-state index in [1.54, 1.807) is 28.4 Å². The summed E-state index contributed by atoms with van der Waals surface area (Å²) in [6.07, 6.45) is 3.69.